The molecule has 0 aliphatic carbocycles. The van der Waals surface area contributed by atoms with Crippen molar-refractivity contribution in [2.24, 2.45) is 0 Å². The van der Waals surface area contributed by atoms with Crippen molar-refractivity contribution in [3.8, 4) is 11.5 Å². The number of ether oxygens (including phenoxy) is 2. The van der Waals surface area contributed by atoms with E-state index in [-0.39, 0.29) is 38.9 Å². The van der Waals surface area contributed by atoms with Crippen LogP contribution in [-0.2, 0) is 29.7 Å². The molecule has 0 spiro atoms. The maximum atomic E-state index is 17.1. The maximum absolute atomic E-state index is 17.1. The van der Waals surface area contributed by atoms with E-state index in [2.05, 4.69) is 10.2 Å². The van der Waals surface area contributed by atoms with Crippen molar-refractivity contribution >= 4 is 10.0 Å². The van der Waals surface area contributed by atoms with Crippen molar-refractivity contribution in [3.63, 3.8) is 0 Å². The first-order valence-corrected chi connectivity index (χ1v) is 15.5. The van der Waals surface area contributed by atoms with E-state index in [1.165, 1.54) is 62.8 Å². The summed E-state index contributed by atoms with van der Waals surface area (Å²) in [6.07, 6.45) is 0.762. The molecule has 3 aromatic rings. The molecule has 1 atom stereocenters. The fraction of sp³-hybridized carbons (Fsp3) is 0.355. The zero-order chi connectivity index (χ0) is 31.5. The predicted octanol–water partition coefficient (Wildman–Crippen LogP) is 5.12. The highest BCUT2D eigenvalue weighted by atomic mass is 32.2. The SMILES string of the molecule is COc1ccc(CN2C(F)(F)C=C(NCc3c(F)cccc3CN3CCC3)CC2(F)NS(=O)(=O)c2ccccc2)c(OC)c1. The molecule has 2 N–H and O–H groups in total. The fourth-order valence-electron chi connectivity index (χ4n) is 5.31. The fourth-order valence-corrected chi connectivity index (χ4v) is 6.53. The standard InChI is InChI=1S/C31H34F4N4O4S/c1-42-25-13-12-23(29(16-25)43-2)21-39-30(33,34)17-24(18-31(39,35)37-44(40,41)26-9-4-3-5-10-26)36-19-27-22(8-6-11-28(27)32)20-38-14-7-15-38/h3-6,8-13,16-17,36-37H,7,14-15,18-21H2,1-2H3. The molecular weight excluding hydrogens is 600 g/mol. The number of nitrogens with zero attached hydrogens (tertiary/aromatic N) is 2. The van der Waals surface area contributed by atoms with Crippen LogP contribution in [0.1, 0.15) is 29.5 Å². The number of sulfonamides is 1. The van der Waals surface area contributed by atoms with Crippen LogP contribution in [0.25, 0.3) is 0 Å². The first-order chi connectivity index (χ1) is 20.9. The van der Waals surface area contributed by atoms with Crippen LogP contribution in [0.4, 0.5) is 17.6 Å². The van der Waals surface area contributed by atoms with Gasteiger partial charge in [-0.3, -0.25) is 4.90 Å². The summed E-state index contributed by atoms with van der Waals surface area (Å²) in [4.78, 5) is 1.96. The van der Waals surface area contributed by atoms with Gasteiger partial charge in [-0.2, -0.15) is 18.4 Å². The van der Waals surface area contributed by atoms with Gasteiger partial charge in [0, 0.05) is 48.6 Å². The molecule has 0 radical (unpaired) electrons. The molecule has 5 rings (SSSR count). The lowest BCUT2D eigenvalue weighted by Crippen LogP contribution is -2.65. The number of hydrogen-bond donors (Lipinski definition) is 2. The van der Waals surface area contributed by atoms with Gasteiger partial charge in [0.1, 0.15) is 17.3 Å². The predicted molar refractivity (Wildman–Crippen MR) is 156 cm³/mol. The van der Waals surface area contributed by atoms with E-state index in [9.17, 15) is 12.8 Å². The molecule has 3 aromatic carbocycles. The van der Waals surface area contributed by atoms with Crippen molar-refractivity contribution in [3.05, 3.63) is 101 Å². The van der Waals surface area contributed by atoms with Crippen LogP contribution in [0.2, 0.25) is 0 Å². The van der Waals surface area contributed by atoms with Crippen molar-refractivity contribution < 1.29 is 35.5 Å². The van der Waals surface area contributed by atoms with Crippen molar-refractivity contribution in [2.45, 2.75) is 49.3 Å². The Morgan fingerprint density at radius 2 is 1.66 bits per heavy atom. The van der Waals surface area contributed by atoms with Gasteiger partial charge in [0.25, 0.3) is 0 Å². The molecule has 8 nitrogen and oxygen atoms in total. The van der Waals surface area contributed by atoms with E-state index in [0.717, 1.165) is 19.5 Å². The molecule has 13 heteroatoms. The number of halogens is 4. The minimum atomic E-state index is -4.61. The average Bonchev–Trinajstić information content (AvgIpc) is 2.96. The van der Waals surface area contributed by atoms with Gasteiger partial charge >= 0.3 is 6.05 Å². The van der Waals surface area contributed by atoms with Crippen LogP contribution in [0.15, 0.2) is 83.4 Å². The van der Waals surface area contributed by atoms with Crippen LogP contribution < -0.4 is 19.5 Å². The first kappa shape index (κ1) is 31.8. The minimum absolute atomic E-state index is 0.133. The summed E-state index contributed by atoms with van der Waals surface area (Å²) >= 11 is 0. The third-order valence-corrected chi connectivity index (χ3v) is 9.25. The van der Waals surface area contributed by atoms with Crippen LogP contribution in [-0.4, -0.2) is 57.5 Å². The van der Waals surface area contributed by atoms with Crippen LogP contribution >= 0.6 is 0 Å². The van der Waals surface area contributed by atoms with Gasteiger partial charge < -0.3 is 14.8 Å². The third-order valence-electron chi connectivity index (χ3n) is 7.78. The number of nitrogens with one attached hydrogen (secondary N) is 2. The molecule has 1 fully saturated rings. The maximum Gasteiger partial charge on any atom is 0.330 e. The Labute approximate surface area is 254 Å². The van der Waals surface area contributed by atoms with Crippen molar-refractivity contribution in [1.82, 2.24) is 19.8 Å². The van der Waals surface area contributed by atoms with E-state index in [4.69, 9.17) is 9.47 Å². The largest absolute Gasteiger partial charge is 0.497 e. The summed E-state index contributed by atoms with van der Waals surface area (Å²) in [6.45, 7) is 1.31. The Hall–Kier alpha value is -3.65. The Kier molecular flexibility index (Phi) is 9.21. The van der Waals surface area contributed by atoms with Gasteiger partial charge in [-0.15, -0.1) is 0 Å². The first-order valence-electron chi connectivity index (χ1n) is 14.0. The molecule has 0 saturated carbocycles. The number of methoxy groups -OCH3 is 2. The topological polar surface area (TPSA) is 83.1 Å². The number of alkyl halides is 3. The summed E-state index contributed by atoms with van der Waals surface area (Å²) in [7, 11) is -1.85. The second kappa shape index (κ2) is 12.8. The highest BCUT2D eigenvalue weighted by Gasteiger charge is 2.55. The van der Waals surface area contributed by atoms with Crippen LogP contribution in [0, 0.1) is 5.82 Å². The summed E-state index contributed by atoms with van der Waals surface area (Å²) in [5, 5.41) is 2.77. The molecule has 2 aliphatic rings. The van der Waals surface area contributed by atoms with E-state index in [0.29, 0.717) is 23.9 Å². The van der Waals surface area contributed by atoms with Gasteiger partial charge in [-0.25, -0.2) is 17.2 Å². The summed E-state index contributed by atoms with van der Waals surface area (Å²) in [5.74, 6) is -3.30. The lowest BCUT2D eigenvalue weighted by Gasteiger charge is -2.44. The van der Waals surface area contributed by atoms with Gasteiger partial charge in [0.15, 0.2) is 0 Å². The molecule has 1 unspecified atom stereocenters. The monoisotopic (exact) mass is 634 g/mol. The molecule has 1 saturated heterocycles. The zero-order valence-corrected chi connectivity index (χ0v) is 25.1. The quantitative estimate of drug-likeness (QED) is 0.211. The van der Waals surface area contributed by atoms with E-state index < -0.39 is 40.8 Å². The molecule has 0 bridgehead atoms. The van der Waals surface area contributed by atoms with E-state index >= 15 is 13.2 Å². The third kappa shape index (κ3) is 6.85. The van der Waals surface area contributed by atoms with E-state index in [1.807, 2.05) is 4.72 Å². The van der Waals surface area contributed by atoms with Gasteiger partial charge in [0.2, 0.25) is 15.9 Å². The van der Waals surface area contributed by atoms with Crippen molar-refractivity contribution in [1.29, 1.82) is 0 Å². The van der Waals surface area contributed by atoms with E-state index in [1.54, 1.807) is 18.2 Å². The second-order valence-electron chi connectivity index (χ2n) is 10.7. The molecule has 2 heterocycles. The highest BCUT2D eigenvalue weighted by molar-refractivity contribution is 7.89. The number of benzene rings is 3. The highest BCUT2D eigenvalue weighted by Crippen LogP contribution is 2.42. The zero-order valence-electron chi connectivity index (χ0n) is 24.3. The molecule has 0 aromatic heterocycles. The number of likely N-dealkylation sites (tertiary alicyclic amines) is 1. The Bertz CT molecular complexity index is 1620. The Morgan fingerprint density at radius 3 is 2.32 bits per heavy atom. The summed E-state index contributed by atoms with van der Waals surface area (Å²) in [5.41, 5.74) is 0.832. The second-order valence-corrected chi connectivity index (χ2v) is 12.4. The summed E-state index contributed by atoms with van der Waals surface area (Å²) in [6, 6.07) is 11.9. The molecule has 0 amide bonds. The Morgan fingerprint density at radius 1 is 0.909 bits per heavy atom. The number of rotatable bonds is 12. The number of hydrogen-bond acceptors (Lipinski definition) is 7. The molecule has 44 heavy (non-hydrogen) atoms. The normalized spacial score (nSPS) is 20.5. The van der Waals surface area contributed by atoms with Gasteiger partial charge in [0.05, 0.1) is 25.5 Å². The lowest BCUT2D eigenvalue weighted by atomic mass is 10.0. The van der Waals surface area contributed by atoms with Crippen LogP contribution in [0.5, 0.6) is 11.5 Å². The van der Waals surface area contributed by atoms with Crippen LogP contribution in [0.3, 0.4) is 0 Å². The average molecular weight is 635 g/mol. The van der Waals surface area contributed by atoms with Crippen molar-refractivity contribution in [2.75, 3.05) is 27.3 Å². The summed E-state index contributed by atoms with van der Waals surface area (Å²) < 4.78 is 103. The lowest BCUT2D eigenvalue weighted by molar-refractivity contribution is -0.218. The molecule has 236 valence electrons. The smallest absolute Gasteiger partial charge is 0.330 e. The minimum Gasteiger partial charge on any atom is -0.497 e. The molecule has 2 aliphatic heterocycles. The van der Waals surface area contributed by atoms with Gasteiger partial charge in [-0.05, 0) is 49.3 Å². The van der Waals surface area contributed by atoms with Gasteiger partial charge in [-0.1, -0.05) is 36.4 Å². The molecular formula is C31H34F4N4O4S. The Balaban J connectivity index is 1.48.